The molecule has 0 unspecified atom stereocenters. The summed E-state index contributed by atoms with van der Waals surface area (Å²) in [7, 11) is 0. The molecule has 6 heteroatoms. The number of halogens is 2. The van der Waals surface area contributed by atoms with Gasteiger partial charge in [-0.05, 0) is 40.5 Å². The Hall–Kier alpha value is -1.07. The van der Waals surface area contributed by atoms with E-state index in [9.17, 15) is 0 Å². The molecule has 0 aliphatic rings. The fraction of sp³-hybridized carbons (Fsp3) is 0.111. The van der Waals surface area contributed by atoms with Crippen LogP contribution in [0.25, 0.3) is 0 Å². The van der Waals surface area contributed by atoms with Crippen LogP contribution in [0.3, 0.4) is 0 Å². The highest BCUT2D eigenvalue weighted by molar-refractivity contribution is 9.10. The first-order valence-electron chi connectivity index (χ1n) is 4.08. The summed E-state index contributed by atoms with van der Waals surface area (Å²) in [4.78, 5) is 0. The molecule has 1 aromatic carbocycles. The lowest BCUT2D eigenvalue weighted by molar-refractivity contribution is 1.21. The maximum atomic E-state index is 6.03. The van der Waals surface area contributed by atoms with E-state index in [1.54, 1.807) is 0 Å². The summed E-state index contributed by atoms with van der Waals surface area (Å²) in [6.07, 6.45) is 1.50. The van der Waals surface area contributed by atoms with Crippen LogP contribution >= 0.6 is 27.5 Å². The molecule has 0 aliphatic carbocycles. The monoisotopic (exact) mass is 288 g/mol. The molecule has 15 heavy (non-hydrogen) atoms. The number of nitrogens with two attached hydrogens (primary N) is 2. The van der Waals surface area contributed by atoms with E-state index in [-0.39, 0.29) is 5.96 Å². The number of aryl methyl sites for hydroxylation is 1. The molecule has 0 saturated heterocycles. The molecule has 0 amide bonds. The molecule has 0 fully saturated rings. The molecule has 0 spiro atoms. The molecule has 0 bridgehead atoms. The van der Waals surface area contributed by atoms with E-state index in [1.807, 2.05) is 19.1 Å². The average molecular weight is 290 g/mol. The van der Waals surface area contributed by atoms with E-state index in [2.05, 4.69) is 26.1 Å². The lowest BCUT2D eigenvalue weighted by Gasteiger charge is -2.02. The third-order valence-corrected chi connectivity index (χ3v) is 2.85. The van der Waals surface area contributed by atoms with Crippen LogP contribution in [-0.2, 0) is 0 Å². The predicted molar refractivity (Wildman–Crippen MR) is 67.3 cm³/mol. The van der Waals surface area contributed by atoms with E-state index < -0.39 is 0 Å². The molecule has 0 aliphatic heterocycles. The van der Waals surface area contributed by atoms with Gasteiger partial charge in [0.1, 0.15) is 0 Å². The topological polar surface area (TPSA) is 76.8 Å². The maximum Gasteiger partial charge on any atom is 0.211 e. The van der Waals surface area contributed by atoms with Crippen LogP contribution in [0.2, 0.25) is 5.02 Å². The van der Waals surface area contributed by atoms with Gasteiger partial charge in [0.25, 0.3) is 0 Å². The second-order valence-corrected chi connectivity index (χ2v) is 4.15. The predicted octanol–water partition coefficient (Wildman–Crippen LogP) is 2.02. The summed E-state index contributed by atoms with van der Waals surface area (Å²) >= 11 is 9.37. The quantitative estimate of drug-likeness (QED) is 0.496. The molecular weight excluding hydrogens is 279 g/mol. The molecule has 4 nitrogen and oxygen atoms in total. The summed E-state index contributed by atoms with van der Waals surface area (Å²) < 4.78 is 0.815. The number of hydrogen-bond donors (Lipinski definition) is 2. The second-order valence-electron chi connectivity index (χ2n) is 2.92. The molecule has 0 heterocycles. The van der Waals surface area contributed by atoms with Crippen LogP contribution in [0.1, 0.15) is 11.1 Å². The van der Waals surface area contributed by atoms with Crippen molar-refractivity contribution >= 4 is 39.7 Å². The van der Waals surface area contributed by atoms with Crippen molar-refractivity contribution in [1.82, 2.24) is 0 Å². The van der Waals surface area contributed by atoms with Crippen LogP contribution in [0.4, 0.5) is 0 Å². The highest BCUT2D eigenvalue weighted by Gasteiger charge is 2.03. The van der Waals surface area contributed by atoms with Crippen molar-refractivity contribution in [2.75, 3.05) is 0 Å². The Morgan fingerprint density at radius 1 is 1.47 bits per heavy atom. The lowest BCUT2D eigenvalue weighted by atomic mass is 10.1. The van der Waals surface area contributed by atoms with Gasteiger partial charge in [-0.15, -0.1) is 5.10 Å². The SMILES string of the molecule is Cc1cc(Br)c(Cl)c(C=NN=C(N)N)c1. The third-order valence-electron chi connectivity index (χ3n) is 1.57. The Morgan fingerprint density at radius 2 is 2.13 bits per heavy atom. The number of guanidine groups is 1. The minimum absolute atomic E-state index is 0.0888. The molecule has 1 aromatic rings. The summed E-state index contributed by atoms with van der Waals surface area (Å²) in [5.74, 6) is -0.0888. The van der Waals surface area contributed by atoms with Crippen molar-refractivity contribution in [2.24, 2.45) is 21.7 Å². The second kappa shape index (κ2) is 5.14. The van der Waals surface area contributed by atoms with E-state index in [4.69, 9.17) is 23.1 Å². The highest BCUT2D eigenvalue weighted by atomic mass is 79.9. The molecule has 0 saturated carbocycles. The Kier molecular flexibility index (Phi) is 4.11. The fourth-order valence-corrected chi connectivity index (χ4v) is 1.75. The third kappa shape index (κ3) is 3.53. The van der Waals surface area contributed by atoms with Crippen LogP contribution in [0.15, 0.2) is 26.8 Å². The van der Waals surface area contributed by atoms with Crippen LogP contribution in [0, 0.1) is 6.92 Å². The molecule has 0 radical (unpaired) electrons. The van der Waals surface area contributed by atoms with Gasteiger partial charge in [-0.1, -0.05) is 11.6 Å². The first kappa shape index (κ1) is 12.0. The Balaban J connectivity index is 3.05. The van der Waals surface area contributed by atoms with Crippen molar-refractivity contribution in [3.05, 3.63) is 32.8 Å². The van der Waals surface area contributed by atoms with Gasteiger partial charge in [-0.25, -0.2) is 0 Å². The Morgan fingerprint density at radius 3 is 2.73 bits per heavy atom. The van der Waals surface area contributed by atoms with Gasteiger partial charge in [-0.2, -0.15) is 5.10 Å². The van der Waals surface area contributed by atoms with Gasteiger partial charge in [0.15, 0.2) is 0 Å². The molecule has 80 valence electrons. The van der Waals surface area contributed by atoms with E-state index in [1.165, 1.54) is 6.21 Å². The Labute approximate surface area is 101 Å². The summed E-state index contributed by atoms with van der Waals surface area (Å²) in [6, 6.07) is 3.80. The number of hydrogen-bond acceptors (Lipinski definition) is 2. The number of rotatable bonds is 2. The lowest BCUT2D eigenvalue weighted by Crippen LogP contribution is -2.21. The van der Waals surface area contributed by atoms with Crippen LogP contribution < -0.4 is 11.5 Å². The van der Waals surface area contributed by atoms with E-state index in [0.29, 0.717) is 5.02 Å². The van der Waals surface area contributed by atoms with Crippen molar-refractivity contribution < 1.29 is 0 Å². The summed E-state index contributed by atoms with van der Waals surface area (Å²) in [6.45, 7) is 1.96. The minimum atomic E-state index is -0.0888. The smallest absolute Gasteiger partial charge is 0.211 e. The highest BCUT2D eigenvalue weighted by Crippen LogP contribution is 2.26. The van der Waals surface area contributed by atoms with Gasteiger partial charge in [0.2, 0.25) is 5.96 Å². The van der Waals surface area contributed by atoms with E-state index in [0.717, 1.165) is 15.6 Å². The van der Waals surface area contributed by atoms with Gasteiger partial charge in [0, 0.05) is 10.0 Å². The zero-order chi connectivity index (χ0) is 11.4. The van der Waals surface area contributed by atoms with E-state index >= 15 is 0 Å². The average Bonchev–Trinajstić information content (AvgIpc) is 2.12. The van der Waals surface area contributed by atoms with Crippen LogP contribution in [0.5, 0.6) is 0 Å². The van der Waals surface area contributed by atoms with Gasteiger partial charge >= 0.3 is 0 Å². The zero-order valence-corrected chi connectivity index (χ0v) is 10.4. The molecular formula is C9H10BrClN4. The number of benzene rings is 1. The van der Waals surface area contributed by atoms with Gasteiger partial charge in [0.05, 0.1) is 11.2 Å². The zero-order valence-electron chi connectivity index (χ0n) is 8.04. The summed E-state index contributed by atoms with van der Waals surface area (Å²) in [5, 5.41) is 7.76. The molecule has 1 rings (SSSR count). The fourth-order valence-electron chi connectivity index (χ4n) is 1.00. The van der Waals surface area contributed by atoms with Crippen LogP contribution in [-0.4, -0.2) is 12.2 Å². The minimum Gasteiger partial charge on any atom is -0.369 e. The molecule has 4 N–H and O–H groups in total. The van der Waals surface area contributed by atoms with Crippen molar-refractivity contribution in [3.8, 4) is 0 Å². The first-order valence-corrected chi connectivity index (χ1v) is 5.25. The molecule has 0 aromatic heterocycles. The largest absolute Gasteiger partial charge is 0.369 e. The van der Waals surface area contributed by atoms with Crippen molar-refractivity contribution in [1.29, 1.82) is 0 Å². The number of nitrogens with zero attached hydrogens (tertiary/aromatic N) is 2. The van der Waals surface area contributed by atoms with Crippen molar-refractivity contribution in [2.45, 2.75) is 6.92 Å². The maximum absolute atomic E-state index is 6.03. The molecule has 0 atom stereocenters. The standard InChI is InChI=1S/C9H10BrClN4/c1-5-2-6(4-14-15-9(12)13)8(11)7(10)3-5/h2-4H,1H3,(H4,12,13,15). The van der Waals surface area contributed by atoms with Crippen molar-refractivity contribution in [3.63, 3.8) is 0 Å². The van der Waals surface area contributed by atoms with Gasteiger partial charge in [-0.3, -0.25) is 0 Å². The first-order chi connectivity index (χ1) is 7.00. The normalized spacial score (nSPS) is 10.6. The van der Waals surface area contributed by atoms with Gasteiger partial charge < -0.3 is 11.5 Å². The summed E-state index contributed by atoms with van der Waals surface area (Å²) in [5.41, 5.74) is 12.1. The Bertz CT molecular complexity index is 424.